The molecule has 8 heteroatoms. The topological polar surface area (TPSA) is 116 Å². The monoisotopic (exact) mass is 344 g/mol. The van der Waals surface area contributed by atoms with Crippen LogP contribution in [0.1, 0.15) is 12.0 Å². The van der Waals surface area contributed by atoms with Crippen LogP contribution in [0.25, 0.3) is 0 Å². The van der Waals surface area contributed by atoms with Crippen LogP contribution in [-0.2, 0) is 16.1 Å². The first kappa shape index (κ1) is 16.0. The van der Waals surface area contributed by atoms with Crippen molar-refractivity contribution in [3.8, 4) is 0 Å². The molecule has 0 saturated carbocycles. The summed E-state index contributed by atoms with van der Waals surface area (Å²) in [6.07, 6.45) is -0.683. The van der Waals surface area contributed by atoms with Crippen LogP contribution in [0.2, 0.25) is 0 Å². The Balaban J connectivity index is 2.52. The van der Waals surface area contributed by atoms with E-state index in [4.69, 9.17) is 10.2 Å². The number of hydrogen-bond donors (Lipinski definition) is 4. The minimum atomic E-state index is -1.47. The normalized spacial score (nSPS) is 11.4. The highest BCUT2D eigenvalue weighted by molar-refractivity contribution is 9.10. The standard InChI is InChI=1S/C12H13BrN2O5/c13-8-4-2-1-3-7(8)6-14-12(20)15-9(11(18)19)5-10(16)17/h1-4,9H,5-6H2,(H,16,17)(H,18,19)(H2,14,15,20). The van der Waals surface area contributed by atoms with Crippen LogP contribution in [0.5, 0.6) is 0 Å². The zero-order valence-corrected chi connectivity index (χ0v) is 11.9. The maximum Gasteiger partial charge on any atom is 0.326 e. The number of aliphatic carboxylic acids is 2. The second-order valence-corrected chi connectivity index (χ2v) is 4.76. The maximum absolute atomic E-state index is 11.5. The summed E-state index contributed by atoms with van der Waals surface area (Å²) in [7, 11) is 0. The molecule has 0 radical (unpaired) electrons. The number of hydrogen-bond acceptors (Lipinski definition) is 3. The molecule has 1 aromatic carbocycles. The number of urea groups is 1. The zero-order valence-electron chi connectivity index (χ0n) is 10.3. The molecule has 0 bridgehead atoms. The van der Waals surface area contributed by atoms with Crippen molar-refractivity contribution in [3.63, 3.8) is 0 Å². The average molecular weight is 345 g/mol. The summed E-state index contributed by atoms with van der Waals surface area (Å²) >= 11 is 3.31. The fraction of sp³-hybridized carbons (Fsp3) is 0.250. The Morgan fingerprint density at radius 2 is 1.85 bits per heavy atom. The Morgan fingerprint density at radius 1 is 1.20 bits per heavy atom. The molecule has 0 saturated heterocycles. The van der Waals surface area contributed by atoms with E-state index in [0.717, 1.165) is 10.0 Å². The summed E-state index contributed by atoms with van der Waals surface area (Å²) in [5.41, 5.74) is 0.813. The third-order valence-electron chi connectivity index (χ3n) is 2.38. The maximum atomic E-state index is 11.5. The van der Waals surface area contributed by atoms with E-state index in [-0.39, 0.29) is 6.54 Å². The zero-order chi connectivity index (χ0) is 15.1. The summed E-state index contributed by atoms with van der Waals surface area (Å²) < 4.78 is 0.806. The van der Waals surface area contributed by atoms with Gasteiger partial charge >= 0.3 is 18.0 Å². The molecule has 0 fully saturated rings. The number of amides is 2. The van der Waals surface area contributed by atoms with Gasteiger partial charge in [0.25, 0.3) is 0 Å². The van der Waals surface area contributed by atoms with Gasteiger partial charge in [0.2, 0.25) is 0 Å². The van der Waals surface area contributed by atoms with E-state index in [1.807, 2.05) is 6.07 Å². The average Bonchev–Trinajstić information content (AvgIpc) is 2.36. The molecule has 2 amide bonds. The van der Waals surface area contributed by atoms with Crippen molar-refractivity contribution < 1.29 is 24.6 Å². The van der Waals surface area contributed by atoms with Crippen molar-refractivity contribution in [1.29, 1.82) is 0 Å². The van der Waals surface area contributed by atoms with Gasteiger partial charge in [-0.2, -0.15) is 0 Å². The lowest BCUT2D eigenvalue weighted by molar-refractivity contribution is -0.145. The SMILES string of the molecule is O=C(O)CC(NC(=O)NCc1ccccc1Br)C(=O)O. The van der Waals surface area contributed by atoms with E-state index < -0.39 is 30.4 Å². The Morgan fingerprint density at radius 3 is 2.40 bits per heavy atom. The van der Waals surface area contributed by atoms with Crippen molar-refractivity contribution in [2.45, 2.75) is 19.0 Å². The Bertz CT molecular complexity index is 520. The number of rotatable bonds is 6. The smallest absolute Gasteiger partial charge is 0.326 e. The van der Waals surface area contributed by atoms with E-state index in [1.54, 1.807) is 18.2 Å². The highest BCUT2D eigenvalue weighted by Crippen LogP contribution is 2.15. The van der Waals surface area contributed by atoms with Crippen molar-refractivity contribution in [2.24, 2.45) is 0 Å². The number of halogens is 1. The van der Waals surface area contributed by atoms with Gasteiger partial charge in [-0.15, -0.1) is 0 Å². The number of carbonyl (C=O) groups excluding carboxylic acids is 1. The van der Waals surface area contributed by atoms with Crippen molar-refractivity contribution in [3.05, 3.63) is 34.3 Å². The van der Waals surface area contributed by atoms with Crippen LogP contribution < -0.4 is 10.6 Å². The minimum Gasteiger partial charge on any atom is -0.481 e. The van der Waals surface area contributed by atoms with Gasteiger partial charge in [0, 0.05) is 11.0 Å². The van der Waals surface area contributed by atoms with E-state index in [2.05, 4.69) is 26.6 Å². The molecule has 0 aliphatic heterocycles. The van der Waals surface area contributed by atoms with E-state index in [9.17, 15) is 14.4 Å². The van der Waals surface area contributed by atoms with E-state index in [1.165, 1.54) is 0 Å². The van der Waals surface area contributed by atoms with Crippen LogP contribution in [-0.4, -0.2) is 34.2 Å². The number of benzene rings is 1. The number of carboxylic acid groups (broad SMARTS) is 2. The summed E-state index contributed by atoms with van der Waals surface area (Å²) in [5.74, 6) is -2.70. The predicted molar refractivity (Wildman–Crippen MR) is 73.2 cm³/mol. The molecular formula is C12H13BrN2O5. The molecule has 0 spiro atoms. The highest BCUT2D eigenvalue weighted by Gasteiger charge is 2.22. The molecule has 0 aliphatic rings. The molecule has 0 aliphatic carbocycles. The molecule has 4 N–H and O–H groups in total. The minimum absolute atomic E-state index is 0.187. The van der Waals surface area contributed by atoms with Crippen LogP contribution >= 0.6 is 15.9 Å². The van der Waals surface area contributed by atoms with Gasteiger partial charge in [-0.25, -0.2) is 9.59 Å². The first-order valence-electron chi connectivity index (χ1n) is 5.62. The second-order valence-electron chi connectivity index (χ2n) is 3.91. The van der Waals surface area contributed by atoms with Gasteiger partial charge in [0.15, 0.2) is 0 Å². The summed E-state index contributed by atoms with van der Waals surface area (Å²) in [5, 5.41) is 21.9. The molecule has 0 heterocycles. The van der Waals surface area contributed by atoms with Gasteiger partial charge in [0.1, 0.15) is 6.04 Å². The van der Waals surface area contributed by atoms with Gasteiger partial charge in [-0.05, 0) is 11.6 Å². The van der Waals surface area contributed by atoms with Gasteiger partial charge in [-0.3, -0.25) is 4.79 Å². The summed E-state index contributed by atoms with van der Waals surface area (Å²) in [6, 6.07) is 5.00. The van der Waals surface area contributed by atoms with Crippen molar-refractivity contribution >= 4 is 33.9 Å². The number of carbonyl (C=O) groups is 3. The fourth-order valence-corrected chi connectivity index (χ4v) is 1.83. The predicted octanol–water partition coefficient (Wildman–Crippen LogP) is 1.18. The molecule has 7 nitrogen and oxygen atoms in total. The number of carboxylic acids is 2. The molecule has 20 heavy (non-hydrogen) atoms. The van der Waals surface area contributed by atoms with Crippen LogP contribution in [0.3, 0.4) is 0 Å². The molecule has 1 aromatic rings. The number of nitrogens with one attached hydrogen (secondary N) is 2. The van der Waals surface area contributed by atoms with E-state index >= 15 is 0 Å². The van der Waals surface area contributed by atoms with Gasteiger partial charge in [-0.1, -0.05) is 34.1 Å². The van der Waals surface area contributed by atoms with Crippen molar-refractivity contribution in [1.82, 2.24) is 10.6 Å². The van der Waals surface area contributed by atoms with Gasteiger partial charge in [0.05, 0.1) is 6.42 Å². The molecule has 0 aromatic heterocycles. The first-order valence-corrected chi connectivity index (χ1v) is 6.42. The lowest BCUT2D eigenvalue weighted by Gasteiger charge is -2.13. The first-order chi connectivity index (χ1) is 9.40. The quantitative estimate of drug-likeness (QED) is 0.618. The summed E-state index contributed by atoms with van der Waals surface area (Å²) in [4.78, 5) is 32.8. The van der Waals surface area contributed by atoms with Crippen LogP contribution in [0.15, 0.2) is 28.7 Å². The molecule has 108 valence electrons. The summed E-state index contributed by atoms with van der Waals surface area (Å²) in [6.45, 7) is 0.187. The third kappa shape index (κ3) is 5.27. The lowest BCUT2D eigenvalue weighted by Crippen LogP contribution is -2.46. The van der Waals surface area contributed by atoms with E-state index in [0.29, 0.717) is 0 Å². The Kier molecular flexibility index (Phi) is 5.98. The highest BCUT2D eigenvalue weighted by atomic mass is 79.9. The van der Waals surface area contributed by atoms with Crippen LogP contribution in [0, 0.1) is 0 Å². The molecule has 1 atom stereocenters. The lowest BCUT2D eigenvalue weighted by atomic mass is 10.2. The molecular weight excluding hydrogens is 332 g/mol. The van der Waals surface area contributed by atoms with Crippen LogP contribution in [0.4, 0.5) is 4.79 Å². The molecule has 1 unspecified atom stereocenters. The third-order valence-corrected chi connectivity index (χ3v) is 3.15. The Labute approximate surface area is 123 Å². The largest absolute Gasteiger partial charge is 0.481 e. The van der Waals surface area contributed by atoms with Crippen molar-refractivity contribution in [2.75, 3.05) is 0 Å². The fourth-order valence-electron chi connectivity index (χ4n) is 1.40. The van der Waals surface area contributed by atoms with Gasteiger partial charge < -0.3 is 20.8 Å². The second kappa shape index (κ2) is 7.49. The molecule has 1 rings (SSSR count). The Hall–Kier alpha value is -2.09.